The fourth-order valence-corrected chi connectivity index (χ4v) is 2.62. The topological polar surface area (TPSA) is 76.4 Å². The Bertz CT molecular complexity index is 806. The Hall–Kier alpha value is -3.26. The summed E-state index contributed by atoms with van der Waals surface area (Å²) in [6.07, 6.45) is 2.21. The van der Waals surface area contributed by atoms with E-state index >= 15 is 0 Å². The molecule has 0 atom stereocenters. The molecule has 2 rings (SSSR count). The number of nitriles is 1. The molecule has 0 radical (unpaired) electrons. The van der Waals surface area contributed by atoms with Crippen LogP contribution in [-0.4, -0.2) is 28.5 Å². The lowest BCUT2D eigenvalue weighted by atomic mass is 10.1. The van der Waals surface area contributed by atoms with Gasteiger partial charge in [0.05, 0.1) is 0 Å². The zero-order chi connectivity index (χ0) is 19.6. The molecule has 0 saturated carbocycles. The highest BCUT2D eigenvalue weighted by molar-refractivity contribution is 5.97. The Balaban J connectivity index is 1.98. The van der Waals surface area contributed by atoms with Crippen LogP contribution in [0.25, 0.3) is 0 Å². The van der Waals surface area contributed by atoms with Crippen LogP contribution < -0.4 is 5.32 Å². The minimum Gasteiger partial charge on any atom is -0.508 e. The van der Waals surface area contributed by atoms with Gasteiger partial charge in [-0.3, -0.25) is 4.79 Å². The van der Waals surface area contributed by atoms with Gasteiger partial charge in [0.25, 0.3) is 5.91 Å². The SMILES string of the molecule is CC(C)N(Cc1ccccc1)C(=O)/C(C#N)=C\NCCc1ccc(O)cc1. The average molecular weight is 363 g/mol. The zero-order valence-electron chi connectivity index (χ0n) is 15.7. The summed E-state index contributed by atoms with van der Waals surface area (Å²) in [6, 6.07) is 18.7. The monoisotopic (exact) mass is 363 g/mol. The number of carbonyl (C=O) groups excluding carboxylic acids is 1. The standard InChI is InChI=1S/C22H25N3O2/c1-17(2)25(16-19-6-4-3-5-7-19)22(27)20(14-23)15-24-13-12-18-8-10-21(26)11-9-18/h3-11,15,17,24,26H,12-13,16H2,1-2H3/b20-15-. The molecule has 1 amide bonds. The normalized spacial score (nSPS) is 11.1. The largest absolute Gasteiger partial charge is 0.508 e. The molecule has 5 nitrogen and oxygen atoms in total. The summed E-state index contributed by atoms with van der Waals surface area (Å²) in [5.74, 6) is -0.0513. The van der Waals surface area contributed by atoms with E-state index in [-0.39, 0.29) is 23.3 Å². The minimum absolute atomic E-state index is 0.0218. The molecule has 0 aliphatic heterocycles. The Kier molecular flexibility index (Phi) is 7.45. The third kappa shape index (κ3) is 6.19. The highest BCUT2D eigenvalue weighted by Gasteiger charge is 2.21. The van der Waals surface area contributed by atoms with E-state index in [1.807, 2.05) is 62.4 Å². The van der Waals surface area contributed by atoms with Gasteiger partial charge in [-0.25, -0.2) is 0 Å². The van der Waals surface area contributed by atoms with Crippen LogP contribution in [0.5, 0.6) is 5.75 Å². The van der Waals surface area contributed by atoms with Crippen molar-refractivity contribution in [3.05, 3.63) is 77.5 Å². The molecular weight excluding hydrogens is 338 g/mol. The summed E-state index contributed by atoms with van der Waals surface area (Å²) in [5.41, 5.74) is 2.17. The molecule has 0 aliphatic carbocycles. The van der Waals surface area contributed by atoms with Crippen molar-refractivity contribution in [3.63, 3.8) is 0 Å². The molecule has 0 unspecified atom stereocenters. The summed E-state index contributed by atoms with van der Waals surface area (Å²) in [4.78, 5) is 14.5. The minimum atomic E-state index is -0.284. The quantitative estimate of drug-likeness (QED) is 0.428. The lowest BCUT2D eigenvalue weighted by Crippen LogP contribution is -2.37. The van der Waals surface area contributed by atoms with Crippen LogP contribution in [0.1, 0.15) is 25.0 Å². The van der Waals surface area contributed by atoms with Gasteiger partial charge >= 0.3 is 0 Å². The molecule has 0 spiro atoms. The third-order valence-corrected chi connectivity index (χ3v) is 4.17. The fraction of sp³-hybridized carbons (Fsp3) is 0.273. The first-order chi connectivity index (χ1) is 13.0. The molecule has 5 heteroatoms. The second kappa shape index (κ2) is 10.0. The van der Waals surface area contributed by atoms with Crippen molar-refractivity contribution in [1.82, 2.24) is 10.2 Å². The van der Waals surface area contributed by atoms with E-state index in [9.17, 15) is 15.2 Å². The maximum absolute atomic E-state index is 12.8. The predicted molar refractivity (Wildman–Crippen MR) is 106 cm³/mol. The molecule has 140 valence electrons. The molecule has 0 bridgehead atoms. The summed E-state index contributed by atoms with van der Waals surface area (Å²) in [7, 11) is 0. The third-order valence-electron chi connectivity index (χ3n) is 4.17. The summed E-state index contributed by atoms with van der Waals surface area (Å²) < 4.78 is 0. The van der Waals surface area contributed by atoms with Gasteiger partial charge in [0, 0.05) is 25.3 Å². The van der Waals surface area contributed by atoms with Gasteiger partial charge in [0.1, 0.15) is 17.4 Å². The van der Waals surface area contributed by atoms with Gasteiger partial charge in [-0.05, 0) is 43.5 Å². The number of nitrogens with one attached hydrogen (secondary N) is 1. The van der Waals surface area contributed by atoms with Crippen molar-refractivity contribution in [2.24, 2.45) is 0 Å². The van der Waals surface area contributed by atoms with Gasteiger partial charge < -0.3 is 15.3 Å². The Labute approximate surface area is 160 Å². The summed E-state index contributed by atoms with van der Waals surface area (Å²) >= 11 is 0. The van der Waals surface area contributed by atoms with Crippen molar-refractivity contribution in [1.29, 1.82) is 5.26 Å². The predicted octanol–water partition coefficient (Wildman–Crippen LogP) is 3.37. The molecule has 27 heavy (non-hydrogen) atoms. The van der Waals surface area contributed by atoms with E-state index in [1.54, 1.807) is 17.0 Å². The maximum Gasteiger partial charge on any atom is 0.266 e. The highest BCUT2D eigenvalue weighted by atomic mass is 16.3. The van der Waals surface area contributed by atoms with E-state index < -0.39 is 0 Å². The number of phenols is 1. The molecule has 0 aliphatic rings. The Morgan fingerprint density at radius 1 is 1.15 bits per heavy atom. The number of aromatic hydroxyl groups is 1. The molecule has 0 fully saturated rings. The van der Waals surface area contributed by atoms with Crippen LogP contribution >= 0.6 is 0 Å². The van der Waals surface area contributed by atoms with Crippen molar-refractivity contribution in [2.75, 3.05) is 6.54 Å². The van der Waals surface area contributed by atoms with E-state index in [0.29, 0.717) is 13.1 Å². The van der Waals surface area contributed by atoms with Gasteiger partial charge in [-0.15, -0.1) is 0 Å². The first-order valence-corrected chi connectivity index (χ1v) is 8.97. The first kappa shape index (κ1) is 20.1. The molecule has 0 heterocycles. The molecule has 2 N–H and O–H groups in total. The number of rotatable bonds is 8. The number of nitrogens with zero attached hydrogens (tertiary/aromatic N) is 2. The first-order valence-electron chi connectivity index (χ1n) is 8.97. The highest BCUT2D eigenvalue weighted by Crippen LogP contribution is 2.12. The number of carbonyl (C=O) groups is 1. The second-order valence-electron chi connectivity index (χ2n) is 6.55. The van der Waals surface area contributed by atoms with Crippen molar-refractivity contribution in [3.8, 4) is 11.8 Å². The fourth-order valence-electron chi connectivity index (χ4n) is 2.62. The number of hydrogen-bond acceptors (Lipinski definition) is 4. The van der Waals surface area contributed by atoms with E-state index in [2.05, 4.69) is 5.32 Å². The van der Waals surface area contributed by atoms with Crippen LogP contribution in [-0.2, 0) is 17.8 Å². The van der Waals surface area contributed by atoms with E-state index in [1.165, 1.54) is 6.20 Å². The summed E-state index contributed by atoms with van der Waals surface area (Å²) in [6.45, 7) is 4.93. The van der Waals surface area contributed by atoms with Crippen LogP contribution in [0.15, 0.2) is 66.4 Å². The van der Waals surface area contributed by atoms with Crippen LogP contribution in [0.2, 0.25) is 0 Å². The van der Waals surface area contributed by atoms with Crippen molar-refractivity contribution >= 4 is 5.91 Å². The molecule has 0 aromatic heterocycles. The smallest absolute Gasteiger partial charge is 0.266 e. The van der Waals surface area contributed by atoms with Crippen LogP contribution in [0.3, 0.4) is 0 Å². The van der Waals surface area contributed by atoms with Gasteiger partial charge in [-0.2, -0.15) is 5.26 Å². The maximum atomic E-state index is 12.8. The molecule has 2 aromatic carbocycles. The molecular formula is C22H25N3O2. The number of hydrogen-bond donors (Lipinski definition) is 2. The lowest BCUT2D eigenvalue weighted by Gasteiger charge is -2.26. The van der Waals surface area contributed by atoms with Gasteiger partial charge in [0.2, 0.25) is 0 Å². The van der Waals surface area contributed by atoms with Crippen LogP contribution in [0, 0.1) is 11.3 Å². The molecule has 2 aromatic rings. The van der Waals surface area contributed by atoms with E-state index in [4.69, 9.17) is 0 Å². The second-order valence-corrected chi connectivity index (χ2v) is 6.55. The Morgan fingerprint density at radius 3 is 2.41 bits per heavy atom. The average Bonchev–Trinajstić information content (AvgIpc) is 2.67. The van der Waals surface area contributed by atoms with Crippen molar-refractivity contribution < 1.29 is 9.90 Å². The van der Waals surface area contributed by atoms with Crippen LogP contribution in [0.4, 0.5) is 0 Å². The molecule has 0 saturated heterocycles. The zero-order valence-corrected chi connectivity index (χ0v) is 15.7. The number of benzene rings is 2. The van der Waals surface area contributed by atoms with Gasteiger partial charge in [0.15, 0.2) is 0 Å². The summed E-state index contributed by atoms with van der Waals surface area (Å²) in [5, 5.41) is 21.7. The lowest BCUT2D eigenvalue weighted by molar-refractivity contribution is -0.129. The van der Waals surface area contributed by atoms with E-state index in [0.717, 1.165) is 17.5 Å². The van der Waals surface area contributed by atoms with Gasteiger partial charge in [-0.1, -0.05) is 42.5 Å². The number of phenolic OH excluding ortho intramolecular Hbond substituents is 1. The number of amides is 1. The Morgan fingerprint density at radius 2 is 1.81 bits per heavy atom. The van der Waals surface area contributed by atoms with Crippen molar-refractivity contribution in [2.45, 2.75) is 32.9 Å².